The molecular formula is C17H28ClN3O2. The largest absolute Gasteiger partial charge is 0.371 e. The first-order valence-corrected chi connectivity index (χ1v) is 8.16. The molecule has 6 heteroatoms. The van der Waals surface area contributed by atoms with E-state index >= 15 is 0 Å². The van der Waals surface area contributed by atoms with Crippen LogP contribution in [0.1, 0.15) is 12.0 Å². The normalized spacial score (nSPS) is 15.0. The minimum Gasteiger partial charge on any atom is -0.371 e. The number of amides is 1. The molecule has 1 aliphatic rings. The molecule has 2 rings (SSSR count). The second-order valence-corrected chi connectivity index (χ2v) is 5.58. The number of benzene rings is 1. The predicted octanol–water partition coefficient (Wildman–Crippen LogP) is 1.08. The summed E-state index contributed by atoms with van der Waals surface area (Å²) in [6.07, 6.45) is 1.84. The van der Waals surface area contributed by atoms with Gasteiger partial charge in [-0.2, -0.15) is 0 Å². The zero-order valence-corrected chi connectivity index (χ0v) is 14.4. The Morgan fingerprint density at radius 2 is 1.96 bits per heavy atom. The molecule has 5 nitrogen and oxygen atoms in total. The first-order valence-electron chi connectivity index (χ1n) is 8.16. The molecular weight excluding hydrogens is 314 g/mol. The second-order valence-electron chi connectivity index (χ2n) is 5.58. The minimum atomic E-state index is -0.0200. The summed E-state index contributed by atoms with van der Waals surface area (Å²) in [5.74, 6) is -0.0200. The number of hydrogen-bond donors (Lipinski definition) is 2. The van der Waals surface area contributed by atoms with Crippen molar-refractivity contribution in [2.75, 3.05) is 52.5 Å². The van der Waals surface area contributed by atoms with Crippen LogP contribution in [0.25, 0.3) is 0 Å². The van der Waals surface area contributed by atoms with Crippen molar-refractivity contribution in [1.82, 2.24) is 15.5 Å². The fourth-order valence-corrected chi connectivity index (χ4v) is 2.52. The molecule has 1 heterocycles. The van der Waals surface area contributed by atoms with Crippen LogP contribution >= 0.6 is 12.4 Å². The standard InChI is InChI=1S/C17H27N3O2.ClH/c21-17(15-22-14-7-16-5-2-1-3-6-16)19-8-4-11-20-12-9-18-10-13-20;/h1-3,5-6,18H,4,7-15H2,(H,19,21);1H. The Kier molecular flexibility index (Phi) is 10.6. The van der Waals surface area contributed by atoms with E-state index in [9.17, 15) is 4.79 Å². The molecule has 0 bridgehead atoms. The maximum atomic E-state index is 11.6. The molecule has 0 saturated carbocycles. The molecule has 2 N–H and O–H groups in total. The second kappa shape index (κ2) is 12.3. The summed E-state index contributed by atoms with van der Waals surface area (Å²) in [5.41, 5.74) is 1.24. The molecule has 1 amide bonds. The van der Waals surface area contributed by atoms with Crippen LogP contribution in [0.5, 0.6) is 0 Å². The lowest BCUT2D eigenvalue weighted by atomic mass is 10.2. The Morgan fingerprint density at radius 1 is 1.22 bits per heavy atom. The number of carbonyl (C=O) groups is 1. The van der Waals surface area contributed by atoms with Gasteiger partial charge in [0.25, 0.3) is 0 Å². The predicted molar refractivity (Wildman–Crippen MR) is 95.1 cm³/mol. The van der Waals surface area contributed by atoms with Crippen LogP contribution in [0.4, 0.5) is 0 Å². The van der Waals surface area contributed by atoms with Gasteiger partial charge in [-0.1, -0.05) is 30.3 Å². The molecule has 1 aliphatic heterocycles. The highest BCUT2D eigenvalue weighted by Gasteiger charge is 2.08. The molecule has 0 aliphatic carbocycles. The number of hydrogen-bond acceptors (Lipinski definition) is 4. The zero-order valence-electron chi connectivity index (χ0n) is 13.6. The maximum Gasteiger partial charge on any atom is 0.245 e. The van der Waals surface area contributed by atoms with Gasteiger partial charge in [-0.15, -0.1) is 12.4 Å². The molecule has 0 radical (unpaired) electrons. The number of carbonyl (C=O) groups excluding carboxylic acids is 1. The Balaban J connectivity index is 0.00000264. The average Bonchev–Trinajstić information content (AvgIpc) is 2.57. The third-order valence-corrected chi connectivity index (χ3v) is 3.79. The Hall–Kier alpha value is -1.14. The summed E-state index contributed by atoms with van der Waals surface area (Å²) >= 11 is 0. The van der Waals surface area contributed by atoms with Crippen LogP contribution in [0.3, 0.4) is 0 Å². The van der Waals surface area contributed by atoms with Crippen LogP contribution in [-0.2, 0) is 16.0 Å². The summed E-state index contributed by atoms with van der Waals surface area (Å²) in [4.78, 5) is 14.1. The van der Waals surface area contributed by atoms with Crippen LogP contribution in [0, 0.1) is 0 Å². The van der Waals surface area contributed by atoms with E-state index in [1.165, 1.54) is 5.56 Å². The van der Waals surface area contributed by atoms with Crippen molar-refractivity contribution < 1.29 is 9.53 Å². The number of halogens is 1. The van der Waals surface area contributed by atoms with Crippen molar-refractivity contribution in [2.24, 2.45) is 0 Å². The lowest BCUT2D eigenvalue weighted by Gasteiger charge is -2.27. The van der Waals surface area contributed by atoms with E-state index in [4.69, 9.17) is 4.74 Å². The van der Waals surface area contributed by atoms with E-state index in [2.05, 4.69) is 27.7 Å². The minimum absolute atomic E-state index is 0. The first kappa shape index (κ1) is 19.9. The van der Waals surface area contributed by atoms with Crippen LogP contribution in [-0.4, -0.2) is 63.3 Å². The fraction of sp³-hybridized carbons (Fsp3) is 0.588. The highest BCUT2D eigenvalue weighted by Crippen LogP contribution is 1.99. The van der Waals surface area contributed by atoms with E-state index in [0.29, 0.717) is 6.61 Å². The molecule has 1 aromatic carbocycles. The smallest absolute Gasteiger partial charge is 0.245 e. The lowest BCUT2D eigenvalue weighted by molar-refractivity contribution is -0.125. The fourth-order valence-electron chi connectivity index (χ4n) is 2.52. The summed E-state index contributed by atoms with van der Waals surface area (Å²) in [7, 11) is 0. The van der Waals surface area contributed by atoms with E-state index < -0.39 is 0 Å². The molecule has 1 fully saturated rings. The van der Waals surface area contributed by atoms with Gasteiger partial charge in [0.1, 0.15) is 6.61 Å². The van der Waals surface area contributed by atoms with Crippen molar-refractivity contribution in [2.45, 2.75) is 12.8 Å². The Labute approximate surface area is 145 Å². The summed E-state index contributed by atoms with van der Waals surface area (Å²) in [6.45, 7) is 6.87. The third-order valence-electron chi connectivity index (χ3n) is 3.79. The molecule has 0 unspecified atom stereocenters. The van der Waals surface area contributed by atoms with Gasteiger partial charge in [-0.3, -0.25) is 4.79 Å². The van der Waals surface area contributed by atoms with Crippen molar-refractivity contribution in [1.29, 1.82) is 0 Å². The lowest BCUT2D eigenvalue weighted by Crippen LogP contribution is -2.44. The van der Waals surface area contributed by atoms with Gasteiger partial charge in [0.05, 0.1) is 6.61 Å². The molecule has 23 heavy (non-hydrogen) atoms. The number of piperazine rings is 1. The number of rotatable bonds is 9. The average molecular weight is 342 g/mol. The molecule has 1 saturated heterocycles. The van der Waals surface area contributed by atoms with Gasteiger partial charge in [0.15, 0.2) is 0 Å². The van der Waals surface area contributed by atoms with Crippen LogP contribution < -0.4 is 10.6 Å². The highest BCUT2D eigenvalue weighted by molar-refractivity contribution is 5.85. The van der Waals surface area contributed by atoms with Crippen LogP contribution in [0.2, 0.25) is 0 Å². The zero-order chi connectivity index (χ0) is 15.5. The van der Waals surface area contributed by atoms with E-state index in [0.717, 1.165) is 52.1 Å². The van der Waals surface area contributed by atoms with Crippen molar-refractivity contribution in [3.8, 4) is 0 Å². The number of ether oxygens (including phenoxy) is 1. The van der Waals surface area contributed by atoms with Gasteiger partial charge in [-0.25, -0.2) is 0 Å². The van der Waals surface area contributed by atoms with E-state index in [-0.39, 0.29) is 24.9 Å². The summed E-state index contributed by atoms with van der Waals surface area (Å²) in [5, 5.41) is 6.25. The summed E-state index contributed by atoms with van der Waals surface area (Å²) < 4.78 is 5.42. The van der Waals surface area contributed by atoms with E-state index in [1.807, 2.05) is 18.2 Å². The van der Waals surface area contributed by atoms with Crippen LogP contribution in [0.15, 0.2) is 30.3 Å². The summed E-state index contributed by atoms with van der Waals surface area (Å²) in [6, 6.07) is 10.2. The quantitative estimate of drug-likeness (QED) is 0.660. The van der Waals surface area contributed by atoms with Crippen molar-refractivity contribution in [3.05, 3.63) is 35.9 Å². The van der Waals surface area contributed by atoms with Gasteiger partial charge in [-0.05, 0) is 24.9 Å². The highest BCUT2D eigenvalue weighted by atomic mass is 35.5. The number of nitrogens with zero attached hydrogens (tertiary/aromatic N) is 1. The maximum absolute atomic E-state index is 11.6. The molecule has 0 spiro atoms. The monoisotopic (exact) mass is 341 g/mol. The number of nitrogens with one attached hydrogen (secondary N) is 2. The van der Waals surface area contributed by atoms with Gasteiger partial charge >= 0.3 is 0 Å². The topological polar surface area (TPSA) is 53.6 Å². The molecule has 0 atom stereocenters. The Bertz CT molecular complexity index is 425. The van der Waals surface area contributed by atoms with Gasteiger partial charge in [0, 0.05) is 32.7 Å². The third kappa shape index (κ3) is 8.91. The SMILES string of the molecule is Cl.O=C(COCCc1ccccc1)NCCCN1CCNCC1. The van der Waals surface area contributed by atoms with Crippen molar-refractivity contribution in [3.63, 3.8) is 0 Å². The molecule has 1 aromatic rings. The van der Waals surface area contributed by atoms with E-state index in [1.54, 1.807) is 0 Å². The van der Waals surface area contributed by atoms with Crippen molar-refractivity contribution >= 4 is 18.3 Å². The molecule has 0 aromatic heterocycles. The first-order chi connectivity index (χ1) is 10.8. The van der Waals surface area contributed by atoms with Gasteiger partial charge < -0.3 is 20.3 Å². The Morgan fingerprint density at radius 3 is 2.70 bits per heavy atom. The molecule has 130 valence electrons. The van der Waals surface area contributed by atoms with Gasteiger partial charge in [0.2, 0.25) is 5.91 Å².